The first-order valence-electron chi connectivity index (χ1n) is 3.89. The van der Waals surface area contributed by atoms with Crippen molar-refractivity contribution in [3.05, 3.63) is 43.0 Å². The van der Waals surface area contributed by atoms with Crippen molar-refractivity contribution in [2.45, 2.75) is 9.92 Å². The van der Waals surface area contributed by atoms with Crippen LogP contribution in [0.2, 0.25) is 0 Å². The van der Waals surface area contributed by atoms with Crippen LogP contribution in [0.5, 0.6) is 0 Å². The Kier molecular flexibility index (Phi) is 2.09. The number of rotatable bonds is 2. The molecule has 1 aromatic heterocycles. The van der Waals surface area contributed by atoms with Gasteiger partial charge in [0.1, 0.15) is 6.26 Å². The minimum atomic E-state index is -3.50. The molecule has 0 fully saturated rings. The molecule has 0 saturated carbocycles. The first-order valence-corrected chi connectivity index (χ1v) is 5.38. The summed E-state index contributed by atoms with van der Waals surface area (Å²) in [7, 11) is -3.50. The van der Waals surface area contributed by atoms with Gasteiger partial charge >= 0.3 is 0 Å². The van der Waals surface area contributed by atoms with Crippen molar-refractivity contribution in [2.75, 3.05) is 0 Å². The molecule has 0 aliphatic rings. The maximum Gasteiger partial charge on any atom is 0.227 e. The fourth-order valence-corrected chi connectivity index (χ4v) is 2.18. The quantitative estimate of drug-likeness (QED) is 0.752. The summed E-state index contributed by atoms with van der Waals surface area (Å²) in [5.74, 6) is 0. The fourth-order valence-electron chi connectivity index (χ4n) is 1.05. The third-order valence-electron chi connectivity index (χ3n) is 1.74. The van der Waals surface area contributed by atoms with Gasteiger partial charge in [-0.3, -0.25) is 0 Å². The number of hydrogen-bond acceptors (Lipinski definition) is 4. The number of aromatic nitrogens is 1. The molecule has 0 aliphatic carbocycles. The first-order chi connectivity index (χ1) is 6.71. The Morgan fingerprint density at radius 2 is 1.86 bits per heavy atom. The van der Waals surface area contributed by atoms with E-state index in [1.165, 1.54) is 12.1 Å². The molecule has 2 rings (SSSR count). The summed E-state index contributed by atoms with van der Waals surface area (Å²) >= 11 is 0. The van der Waals surface area contributed by atoms with Crippen LogP contribution < -0.4 is 0 Å². The third kappa shape index (κ3) is 1.42. The highest BCUT2D eigenvalue weighted by atomic mass is 32.2. The van der Waals surface area contributed by atoms with Gasteiger partial charge in [-0.2, -0.15) is 0 Å². The molecule has 0 amide bonds. The van der Waals surface area contributed by atoms with E-state index in [1.54, 1.807) is 18.2 Å². The van der Waals surface area contributed by atoms with Gasteiger partial charge in [-0.25, -0.2) is 13.4 Å². The molecule has 72 valence electrons. The molecule has 1 aromatic carbocycles. The van der Waals surface area contributed by atoms with Crippen LogP contribution in [0.4, 0.5) is 0 Å². The highest BCUT2D eigenvalue weighted by molar-refractivity contribution is 7.91. The van der Waals surface area contributed by atoms with E-state index < -0.39 is 9.84 Å². The zero-order valence-electron chi connectivity index (χ0n) is 7.12. The van der Waals surface area contributed by atoms with Crippen LogP contribution >= 0.6 is 0 Å². The zero-order chi connectivity index (χ0) is 10.0. The second-order valence-electron chi connectivity index (χ2n) is 2.64. The Hall–Kier alpha value is -1.62. The number of sulfone groups is 1. The predicted octanol–water partition coefficient (Wildman–Crippen LogP) is 1.51. The molecule has 0 radical (unpaired) electrons. The number of nitrogens with zero attached hydrogens (tertiary/aromatic N) is 1. The minimum Gasteiger partial charge on any atom is -0.450 e. The highest BCUT2D eigenvalue weighted by Crippen LogP contribution is 2.17. The van der Waals surface area contributed by atoms with Crippen molar-refractivity contribution >= 4 is 9.84 Å². The Bertz CT molecular complexity index is 502. The molecule has 1 heterocycles. The van der Waals surface area contributed by atoms with Crippen molar-refractivity contribution in [1.29, 1.82) is 0 Å². The van der Waals surface area contributed by atoms with Crippen LogP contribution in [0.15, 0.2) is 57.3 Å². The van der Waals surface area contributed by atoms with Crippen molar-refractivity contribution in [3.63, 3.8) is 0 Å². The van der Waals surface area contributed by atoms with E-state index in [0.717, 1.165) is 12.7 Å². The van der Waals surface area contributed by atoms with Crippen LogP contribution in [0.1, 0.15) is 0 Å². The molecule has 5 heteroatoms. The van der Waals surface area contributed by atoms with E-state index in [9.17, 15) is 8.42 Å². The van der Waals surface area contributed by atoms with Crippen LogP contribution in [-0.2, 0) is 9.84 Å². The van der Waals surface area contributed by atoms with Crippen LogP contribution in [-0.4, -0.2) is 13.4 Å². The third-order valence-corrected chi connectivity index (χ3v) is 3.38. The van der Waals surface area contributed by atoms with Crippen LogP contribution in [0.25, 0.3) is 0 Å². The minimum absolute atomic E-state index is 0.0660. The molecule has 0 N–H and O–H groups in total. The van der Waals surface area contributed by atoms with Crippen molar-refractivity contribution < 1.29 is 12.8 Å². The number of benzene rings is 1. The fraction of sp³-hybridized carbons (Fsp3) is 0. The van der Waals surface area contributed by atoms with E-state index in [0.29, 0.717) is 0 Å². The lowest BCUT2D eigenvalue weighted by molar-refractivity contribution is 0.552. The Morgan fingerprint density at radius 1 is 1.14 bits per heavy atom. The lowest BCUT2D eigenvalue weighted by Crippen LogP contribution is -2.01. The molecular formula is C9H7NO3S. The Morgan fingerprint density at radius 3 is 2.43 bits per heavy atom. The largest absolute Gasteiger partial charge is 0.450 e. The maximum absolute atomic E-state index is 11.8. The van der Waals surface area contributed by atoms with Gasteiger partial charge in [0.2, 0.25) is 9.84 Å². The molecule has 0 aliphatic heterocycles. The SMILES string of the molecule is O=S(=O)(c1ccccc1)c1cocn1. The van der Waals surface area contributed by atoms with Crippen molar-refractivity contribution in [1.82, 2.24) is 4.98 Å². The number of hydrogen-bond donors (Lipinski definition) is 0. The van der Waals surface area contributed by atoms with Gasteiger partial charge in [-0.15, -0.1) is 0 Å². The summed E-state index contributed by atoms with van der Waals surface area (Å²) < 4.78 is 28.2. The Balaban J connectivity index is 2.55. The van der Waals surface area contributed by atoms with Crippen LogP contribution in [0.3, 0.4) is 0 Å². The molecule has 0 unspecified atom stereocenters. The smallest absolute Gasteiger partial charge is 0.227 e. The lowest BCUT2D eigenvalue weighted by Gasteiger charge is -1.98. The summed E-state index contributed by atoms with van der Waals surface area (Å²) in [6.07, 6.45) is 2.21. The second kappa shape index (κ2) is 3.26. The molecule has 0 saturated heterocycles. The zero-order valence-corrected chi connectivity index (χ0v) is 7.94. The van der Waals surface area contributed by atoms with Crippen LogP contribution in [0, 0.1) is 0 Å². The standard InChI is InChI=1S/C9H7NO3S/c11-14(12,9-6-13-7-10-9)8-4-2-1-3-5-8/h1-7H. The van der Waals surface area contributed by atoms with E-state index in [-0.39, 0.29) is 9.92 Å². The van der Waals surface area contributed by atoms with Gasteiger partial charge in [0.05, 0.1) is 4.90 Å². The summed E-state index contributed by atoms with van der Waals surface area (Å²) in [6, 6.07) is 8.11. The highest BCUT2D eigenvalue weighted by Gasteiger charge is 2.19. The van der Waals surface area contributed by atoms with Gasteiger partial charge in [-0.05, 0) is 12.1 Å². The second-order valence-corrected chi connectivity index (χ2v) is 4.54. The maximum atomic E-state index is 11.8. The normalized spacial score (nSPS) is 11.4. The molecule has 0 spiro atoms. The van der Waals surface area contributed by atoms with Gasteiger partial charge in [0.25, 0.3) is 0 Å². The van der Waals surface area contributed by atoms with Gasteiger partial charge in [-0.1, -0.05) is 18.2 Å². The topological polar surface area (TPSA) is 60.2 Å². The van der Waals surface area contributed by atoms with E-state index in [1.807, 2.05) is 0 Å². The van der Waals surface area contributed by atoms with Gasteiger partial charge < -0.3 is 4.42 Å². The average molecular weight is 209 g/mol. The molecule has 14 heavy (non-hydrogen) atoms. The summed E-state index contributed by atoms with van der Waals surface area (Å²) in [6.45, 7) is 0. The van der Waals surface area contributed by atoms with Gasteiger partial charge in [0, 0.05) is 0 Å². The van der Waals surface area contributed by atoms with Gasteiger partial charge in [0.15, 0.2) is 11.4 Å². The summed E-state index contributed by atoms with van der Waals surface area (Å²) in [5.41, 5.74) is 0. The monoisotopic (exact) mass is 209 g/mol. The molecular weight excluding hydrogens is 202 g/mol. The summed E-state index contributed by atoms with van der Waals surface area (Å²) in [5, 5.41) is -0.0660. The lowest BCUT2D eigenvalue weighted by atomic mass is 10.4. The molecule has 0 bridgehead atoms. The molecule has 2 aromatic rings. The predicted molar refractivity (Wildman–Crippen MR) is 48.4 cm³/mol. The number of oxazole rings is 1. The van der Waals surface area contributed by atoms with E-state index >= 15 is 0 Å². The summed E-state index contributed by atoms with van der Waals surface area (Å²) in [4.78, 5) is 3.83. The van der Waals surface area contributed by atoms with Crippen molar-refractivity contribution in [2.24, 2.45) is 0 Å². The first kappa shape index (κ1) is 8.96. The van der Waals surface area contributed by atoms with E-state index in [2.05, 4.69) is 9.40 Å². The Labute approximate surface area is 81.1 Å². The molecule has 4 nitrogen and oxygen atoms in total. The molecule has 0 atom stereocenters. The van der Waals surface area contributed by atoms with E-state index in [4.69, 9.17) is 0 Å². The average Bonchev–Trinajstić information content (AvgIpc) is 2.72. The van der Waals surface area contributed by atoms with Crippen molar-refractivity contribution in [3.8, 4) is 0 Å².